The van der Waals surface area contributed by atoms with Gasteiger partial charge in [0, 0.05) is 45.5 Å². The Kier molecular flexibility index (Phi) is 6.26. The highest BCUT2D eigenvalue weighted by Crippen LogP contribution is 2.32. The molecule has 0 aromatic carbocycles. The molecule has 0 N–H and O–H groups in total. The van der Waals surface area contributed by atoms with Crippen LogP contribution in [0.1, 0.15) is 43.0 Å². The van der Waals surface area contributed by atoms with Gasteiger partial charge in [-0.2, -0.15) is 4.31 Å². The molecule has 2 fully saturated rings. The number of rotatable bonds is 5. The second kappa shape index (κ2) is 8.34. The van der Waals surface area contributed by atoms with Crippen molar-refractivity contribution in [3.05, 3.63) is 34.2 Å². The number of nitrogens with zero attached hydrogens (tertiary/aromatic N) is 3. The van der Waals surface area contributed by atoms with E-state index < -0.39 is 15.6 Å². The van der Waals surface area contributed by atoms with E-state index in [0.29, 0.717) is 57.6 Å². The number of aromatic nitrogens is 1. The van der Waals surface area contributed by atoms with Crippen LogP contribution in [0.5, 0.6) is 0 Å². The van der Waals surface area contributed by atoms with Gasteiger partial charge in [-0.3, -0.25) is 9.59 Å². The molecule has 9 heteroatoms. The highest BCUT2D eigenvalue weighted by Gasteiger charge is 2.43. The molecule has 1 aromatic heterocycles. The van der Waals surface area contributed by atoms with Crippen LogP contribution in [0, 0.1) is 0 Å². The number of pyridine rings is 1. The minimum atomic E-state index is -3.26. The topological polar surface area (TPSA) is 88.9 Å². The second-order valence-electron chi connectivity index (χ2n) is 7.69. The first-order valence-electron chi connectivity index (χ1n) is 9.84. The molecule has 3 rings (SSSR count). The number of piperidine rings is 1. The molecule has 0 unspecified atom stereocenters. The predicted molar refractivity (Wildman–Crippen MR) is 106 cm³/mol. The molecule has 8 nitrogen and oxygen atoms in total. The van der Waals surface area contributed by atoms with Crippen LogP contribution in [0.4, 0.5) is 0 Å². The highest BCUT2D eigenvalue weighted by molar-refractivity contribution is 7.89. The van der Waals surface area contributed by atoms with Crippen LogP contribution < -0.4 is 5.56 Å². The van der Waals surface area contributed by atoms with Gasteiger partial charge < -0.3 is 14.2 Å². The third-order valence-electron chi connectivity index (χ3n) is 5.66. The van der Waals surface area contributed by atoms with E-state index in [1.165, 1.54) is 10.6 Å². The Morgan fingerprint density at radius 2 is 1.93 bits per heavy atom. The van der Waals surface area contributed by atoms with Gasteiger partial charge in [0.15, 0.2) is 0 Å². The first-order chi connectivity index (χ1) is 13.3. The Balaban J connectivity index is 1.64. The maximum atomic E-state index is 12.7. The number of likely N-dealkylation sites (tertiary alicyclic amines) is 1. The maximum Gasteiger partial charge on any atom is 0.255 e. The quantitative estimate of drug-likeness (QED) is 0.716. The van der Waals surface area contributed by atoms with E-state index in [2.05, 4.69) is 0 Å². The van der Waals surface area contributed by atoms with E-state index in [9.17, 15) is 18.0 Å². The van der Waals surface area contributed by atoms with Crippen molar-refractivity contribution in [3.8, 4) is 0 Å². The normalized spacial score (nSPS) is 20.4. The molecule has 28 heavy (non-hydrogen) atoms. The average molecular weight is 412 g/mol. The fourth-order valence-corrected chi connectivity index (χ4v) is 5.52. The Morgan fingerprint density at radius 1 is 1.21 bits per heavy atom. The predicted octanol–water partition coefficient (Wildman–Crippen LogP) is 0.822. The molecule has 1 spiro atoms. The Hall–Kier alpha value is -1.71. The SMILES string of the molecule is CCCCS(=O)(=O)N1CCOC2(CCN(C(=O)c3ccc(=O)n(C)c3)CC2)C1. The molecule has 3 heterocycles. The number of morpholine rings is 1. The average Bonchev–Trinajstić information content (AvgIpc) is 2.69. The Morgan fingerprint density at radius 3 is 2.57 bits per heavy atom. The van der Waals surface area contributed by atoms with Crippen LogP contribution in [-0.4, -0.2) is 72.2 Å². The lowest BCUT2D eigenvalue weighted by atomic mass is 9.89. The Bertz CT molecular complexity index is 872. The molecule has 0 aliphatic carbocycles. The molecular weight excluding hydrogens is 382 g/mol. The highest BCUT2D eigenvalue weighted by atomic mass is 32.2. The van der Waals surface area contributed by atoms with Crippen LogP contribution in [0.2, 0.25) is 0 Å². The van der Waals surface area contributed by atoms with Crippen LogP contribution in [0.25, 0.3) is 0 Å². The maximum absolute atomic E-state index is 12.7. The number of unbranched alkanes of at least 4 members (excludes halogenated alkanes) is 1. The third-order valence-corrected chi connectivity index (χ3v) is 7.56. The number of sulfonamides is 1. The summed E-state index contributed by atoms with van der Waals surface area (Å²) >= 11 is 0. The van der Waals surface area contributed by atoms with Gasteiger partial charge in [0.05, 0.1) is 23.5 Å². The molecule has 1 amide bonds. The monoisotopic (exact) mass is 411 g/mol. The number of aryl methyl sites for hydroxylation is 1. The summed E-state index contributed by atoms with van der Waals surface area (Å²) in [4.78, 5) is 26.0. The molecule has 2 saturated heterocycles. The van der Waals surface area contributed by atoms with E-state index >= 15 is 0 Å². The van der Waals surface area contributed by atoms with Gasteiger partial charge in [-0.15, -0.1) is 0 Å². The zero-order chi connectivity index (χ0) is 20.4. The second-order valence-corrected chi connectivity index (χ2v) is 9.78. The molecule has 2 aliphatic rings. The van der Waals surface area contributed by atoms with Crippen LogP contribution in [0.3, 0.4) is 0 Å². The number of hydrogen-bond acceptors (Lipinski definition) is 5. The summed E-state index contributed by atoms with van der Waals surface area (Å²) in [6.45, 7) is 4.14. The summed E-state index contributed by atoms with van der Waals surface area (Å²) in [5, 5.41) is 0. The van der Waals surface area contributed by atoms with Crippen molar-refractivity contribution in [2.45, 2.75) is 38.2 Å². The summed E-state index contributed by atoms with van der Waals surface area (Å²) in [7, 11) is -1.64. The van der Waals surface area contributed by atoms with Gasteiger partial charge in [-0.05, 0) is 25.3 Å². The van der Waals surface area contributed by atoms with Crippen molar-refractivity contribution in [3.63, 3.8) is 0 Å². The van der Waals surface area contributed by atoms with Gasteiger partial charge in [0.1, 0.15) is 0 Å². The summed E-state index contributed by atoms with van der Waals surface area (Å²) < 4.78 is 34.1. The van der Waals surface area contributed by atoms with Gasteiger partial charge in [-0.1, -0.05) is 13.3 Å². The van der Waals surface area contributed by atoms with Crippen molar-refractivity contribution in [2.24, 2.45) is 7.05 Å². The molecule has 0 saturated carbocycles. The van der Waals surface area contributed by atoms with Crippen LogP contribution in [0.15, 0.2) is 23.1 Å². The molecular formula is C19H29N3O5S. The summed E-state index contributed by atoms with van der Waals surface area (Å²) in [6, 6.07) is 2.94. The van der Waals surface area contributed by atoms with Gasteiger partial charge in [0.2, 0.25) is 15.6 Å². The number of carbonyl (C=O) groups is 1. The fourth-order valence-electron chi connectivity index (χ4n) is 3.83. The first kappa shape index (κ1) is 21.0. The van der Waals surface area contributed by atoms with E-state index in [1.807, 2.05) is 6.92 Å². The third kappa shape index (κ3) is 4.47. The van der Waals surface area contributed by atoms with Crippen LogP contribution >= 0.6 is 0 Å². The lowest BCUT2D eigenvalue weighted by Gasteiger charge is -2.46. The number of carbonyl (C=O) groups excluding carboxylic acids is 1. The van der Waals surface area contributed by atoms with E-state index in [0.717, 1.165) is 6.42 Å². The number of ether oxygens (including phenoxy) is 1. The molecule has 0 radical (unpaired) electrons. The van der Waals surface area contributed by atoms with E-state index in [4.69, 9.17) is 4.74 Å². The van der Waals surface area contributed by atoms with Gasteiger partial charge >= 0.3 is 0 Å². The fraction of sp³-hybridized carbons (Fsp3) is 0.684. The Labute approximate surface area is 166 Å². The van der Waals surface area contributed by atoms with E-state index in [-0.39, 0.29) is 17.2 Å². The summed E-state index contributed by atoms with van der Waals surface area (Å²) in [5.41, 5.74) is -0.196. The van der Waals surface area contributed by atoms with Crippen molar-refractivity contribution in [1.29, 1.82) is 0 Å². The lowest BCUT2D eigenvalue weighted by Crippen LogP contribution is -2.58. The molecule has 1 aromatic rings. The van der Waals surface area contributed by atoms with Crippen LogP contribution in [-0.2, 0) is 21.8 Å². The number of hydrogen-bond donors (Lipinski definition) is 0. The van der Waals surface area contributed by atoms with Gasteiger partial charge in [-0.25, -0.2) is 8.42 Å². The van der Waals surface area contributed by atoms with Gasteiger partial charge in [0.25, 0.3) is 5.91 Å². The van der Waals surface area contributed by atoms with Crippen molar-refractivity contribution >= 4 is 15.9 Å². The first-order valence-corrected chi connectivity index (χ1v) is 11.4. The van der Waals surface area contributed by atoms with Crippen molar-refractivity contribution < 1.29 is 17.9 Å². The standard InChI is InChI=1S/C19H29N3O5S/c1-3-4-13-28(25,26)22-11-12-27-19(15-22)7-9-21(10-8-19)18(24)16-5-6-17(23)20(2)14-16/h5-6,14H,3-4,7-13,15H2,1-2H3. The molecule has 0 bridgehead atoms. The lowest BCUT2D eigenvalue weighted by molar-refractivity contribution is -0.115. The zero-order valence-electron chi connectivity index (χ0n) is 16.6. The smallest absolute Gasteiger partial charge is 0.255 e. The summed E-state index contributed by atoms with van der Waals surface area (Å²) in [5.74, 6) is 0.0605. The minimum Gasteiger partial charge on any atom is -0.372 e. The largest absolute Gasteiger partial charge is 0.372 e. The van der Waals surface area contributed by atoms with E-state index in [1.54, 1.807) is 28.5 Å². The van der Waals surface area contributed by atoms with Crippen molar-refractivity contribution in [1.82, 2.24) is 13.8 Å². The zero-order valence-corrected chi connectivity index (χ0v) is 17.4. The molecule has 156 valence electrons. The molecule has 0 atom stereocenters. The number of amides is 1. The molecule has 2 aliphatic heterocycles. The van der Waals surface area contributed by atoms with Crippen molar-refractivity contribution in [2.75, 3.05) is 38.5 Å². The summed E-state index contributed by atoms with van der Waals surface area (Å²) in [6.07, 6.45) is 4.26. The minimum absolute atomic E-state index is 0.117.